The molecule has 1 aromatic carbocycles. The van der Waals surface area contributed by atoms with E-state index in [0.29, 0.717) is 0 Å². The van der Waals surface area contributed by atoms with Crippen molar-refractivity contribution in [2.45, 2.75) is 40.2 Å². The number of nitrogens with two attached hydrogens (primary N) is 1. The Labute approximate surface area is 109 Å². The standard InChI is InChI=1S/C15H21N3/c1-5-14(16)13-8-6-7-9-15(13)18-12(4)10(2)11(3)17-18/h6-9,14H,5,16H2,1-4H3/t14-/m0/s1. The molecule has 2 rings (SSSR count). The molecule has 0 bridgehead atoms. The first-order valence-electron chi connectivity index (χ1n) is 6.44. The van der Waals surface area contributed by atoms with E-state index in [0.717, 1.165) is 23.4 Å². The smallest absolute Gasteiger partial charge is 0.0696 e. The van der Waals surface area contributed by atoms with Gasteiger partial charge in [-0.2, -0.15) is 5.10 Å². The predicted molar refractivity (Wildman–Crippen MR) is 75.0 cm³/mol. The molecule has 1 aromatic heterocycles. The first-order valence-corrected chi connectivity index (χ1v) is 6.44. The van der Waals surface area contributed by atoms with Gasteiger partial charge in [-0.1, -0.05) is 25.1 Å². The normalized spacial score (nSPS) is 12.7. The molecule has 3 nitrogen and oxygen atoms in total. The summed E-state index contributed by atoms with van der Waals surface area (Å²) < 4.78 is 2.01. The Bertz CT molecular complexity index is 555. The highest BCUT2D eigenvalue weighted by Gasteiger charge is 2.14. The quantitative estimate of drug-likeness (QED) is 0.899. The van der Waals surface area contributed by atoms with Gasteiger partial charge in [0.15, 0.2) is 0 Å². The minimum atomic E-state index is 0.0606. The summed E-state index contributed by atoms with van der Waals surface area (Å²) in [7, 11) is 0. The largest absolute Gasteiger partial charge is 0.324 e. The maximum atomic E-state index is 6.19. The van der Waals surface area contributed by atoms with Crippen LogP contribution in [0, 0.1) is 20.8 Å². The van der Waals surface area contributed by atoms with Crippen LogP contribution in [0.15, 0.2) is 24.3 Å². The summed E-state index contributed by atoms with van der Waals surface area (Å²) in [6, 6.07) is 8.31. The fourth-order valence-electron chi connectivity index (χ4n) is 2.17. The molecule has 1 atom stereocenters. The van der Waals surface area contributed by atoms with Crippen LogP contribution in [-0.2, 0) is 0 Å². The lowest BCUT2D eigenvalue weighted by Crippen LogP contribution is -2.13. The molecule has 0 saturated carbocycles. The average molecular weight is 243 g/mol. The van der Waals surface area contributed by atoms with Gasteiger partial charge in [-0.25, -0.2) is 4.68 Å². The second-order valence-corrected chi connectivity index (χ2v) is 4.78. The third-order valence-electron chi connectivity index (χ3n) is 3.66. The van der Waals surface area contributed by atoms with Crippen LogP contribution < -0.4 is 5.73 Å². The fourth-order valence-corrected chi connectivity index (χ4v) is 2.17. The van der Waals surface area contributed by atoms with Crippen LogP contribution >= 0.6 is 0 Å². The highest BCUT2D eigenvalue weighted by Crippen LogP contribution is 2.24. The number of aromatic nitrogens is 2. The van der Waals surface area contributed by atoms with E-state index in [1.54, 1.807) is 0 Å². The van der Waals surface area contributed by atoms with Gasteiger partial charge >= 0.3 is 0 Å². The SMILES string of the molecule is CC[C@H](N)c1ccccc1-n1nc(C)c(C)c1C. The van der Waals surface area contributed by atoms with Crippen molar-refractivity contribution in [1.29, 1.82) is 0 Å². The zero-order valence-electron chi connectivity index (χ0n) is 11.6. The lowest BCUT2D eigenvalue weighted by molar-refractivity contribution is 0.683. The monoisotopic (exact) mass is 243 g/mol. The highest BCUT2D eigenvalue weighted by atomic mass is 15.3. The molecule has 1 heterocycles. The van der Waals surface area contributed by atoms with Crippen LogP contribution in [0.2, 0.25) is 0 Å². The maximum Gasteiger partial charge on any atom is 0.0696 e. The summed E-state index contributed by atoms with van der Waals surface area (Å²) in [6.45, 7) is 8.36. The Kier molecular flexibility index (Phi) is 3.53. The Morgan fingerprint density at radius 3 is 2.44 bits per heavy atom. The molecule has 0 saturated heterocycles. The van der Waals surface area contributed by atoms with Gasteiger partial charge in [0, 0.05) is 11.7 Å². The average Bonchev–Trinajstić information content (AvgIpc) is 2.65. The van der Waals surface area contributed by atoms with E-state index in [9.17, 15) is 0 Å². The molecule has 18 heavy (non-hydrogen) atoms. The van der Waals surface area contributed by atoms with Gasteiger partial charge in [-0.05, 0) is 44.4 Å². The minimum absolute atomic E-state index is 0.0606. The van der Waals surface area contributed by atoms with Crippen LogP contribution in [0.1, 0.15) is 41.9 Å². The van der Waals surface area contributed by atoms with E-state index >= 15 is 0 Å². The summed E-state index contributed by atoms with van der Waals surface area (Å²) in [5, 5.41) is 4.62. The number of hydrogen-bond acceptors (Lipinski definition) is 2. The summed E-state index contributed by atoms with van der Waals surface area (Å²) in [5.41, 5.74) is 11.9. The summed E-state index contributed by atoms with van der Waals surface area (Å²) >= 11 is 0. The maximum absolute atomic E-state index is 6.19. The molecular weight excluding hydrogens is 222 g/mol. The van der Waals surface area contributed by atoms with Gasteiger partial charge in [-0.3, -0.25) is 0 Å². The van der Waals surface area contributed by atoms with E-state index < -0.39 is 0 Å². The number of hydrogen-bond donors (Lipinski definition) is 1. The molecule has 3 heteroatoms. The van der Waals surface area contributed by atoms with Crippen molar-refractivity contribution < 1.29 is 0 Å². The van der Waals surface area contributed by atoms with Crippen LogP contribution in [0.25, 0.3) is 5.69 Å². The second kappa shape index (κ2) is 4.94. The van der Waals surface area contributed by atoms with Crippen molar-refractivity contribution in [3.8, 4) is 5.69 Å². The molecule has 2 N–H and O–H groups in total. The Morgan fingerprint density at radius 1 is 1.22 bits per heavy atom. The molecule has 0 amide bonds. The lowest BCUT2D eigenvalue weighted by atomic mass is 10.0. The molecular formula is C15H21N3. The van der Waals surface area contributed by atoms with Gasteiger partial charge in [0.05, 0.1) is 11.4 Å². The molecule has 0 unspecified atom stereocenters. The first-order chi connectivity index (χ1) is 8.56. The molecule has 0 aliphatic carbocycles. The number of rotatable bonds is 3. The predicted octanol–water partition coefficient (Wildman–Crippen LogP) is 3.21. The van der Waals surface area contributed by atoms with E-state index in [2.05, 4.69) is 38.0 Å². The van der Waals surface area contributed by atoms with Crippen molar-refractivity contribution >= 4 is 0 Å². The summed E-state index contributed by atoms with van der Waals surface area (Å²) in [6.07, 6.45) is 0.926. The van der Waals surface area contributed by atoms with E-state index in [1.165, 1.54) is 11.3 Å². The summed E-state index contributed by atoms with van der Waals surface area (Å²) in [4.78, 5) is 0. The minimum Gasteiger partial charge on any atom is -0.324 e. The Hall–Kier alpha value is -1.61. The van der Waals surface area contributed by atoms with Crippen molar-refractivity contribution in [1.82, 2.24) is 9.78 Å². The zero-order valence-corrected chi connectivity index (χ0v) is 11.6. The van der Waals surface area contributed by atoms with Crippen molar-refractivity contribution in [2.75, 3.05) is 0 Å². The first kappa shape index (κ1) is 12.8. The van der Waals surface area contributed by atoms with Crippen molar-refractivity contribution in [2.24, 2.45) is 5.73 Å². The molecule has 0 radical (unpaired) electrons. The Morgan fingerprint density at radius 2 is 1.89 bits per heavy atom. The molecule has 0 aliphatic rings. The van der Waals surface area contributed by atoms with Gasteiger partial charge in [0.1, 0.15) is 0 Å². The summed E-state index contributed by atoms with van der Waals surface area (Å²) in [5.74, 6) is 0. The number of benzene rings is 1. The third kappa shape index (κ3) is 2.06. The van der Waals surface area contributed by atoms with Gasteiger partial charge in [-0.15, -0.1) is 0 Å². The van der Waals surface area contributed by atoms with Crippen LogP contribution in [0.4, 0.5) is 0 Å². The molecule has 2 aromatic rings. The third-order valence-corrected chi connectivity index (χ3v) is 3.66. The van der Waals surface area contributed by atoms with Crippen LogP contribution in [-0.4, -0.2) is 9.78 Å². The molecule has 0 fully saturated rings. The van der Waals surface area contributed by atoms with Crippen LogP contribution in [0.3, 0.4) is 0 Å². The van der Waals surface area contributed by atoms with Gasteiger partial charge in [0.2, 0.25) is 0 Å². The lowest BCUT2D eigenvalue weighted by Gasteiger charge is -2.15. The van der Waals surface area contributed by atoms with E-state index in [1.807, 2.05) is 23.7 Å². The molecule has 0 aliphatic heterocycles. The number of nitrogens with zero attached hydrogens (tertiary/aromatic N) is 2. The van der Waals surface area contributed by atoms with Gasteiger partial charge < -0.3 is 5.73 Å². The number of aryl methyl sites for hydroxylation is 1. The van der Waals surface area contributed by atoms with E-state index in [4.69, 9.17) is 5.73 Å². The second-order valence-electron chi connectivity index (χ2n) is 4.78. The van der Waals surface area contributed by atoms with E-state index in [-0.39, 0.29) is 6.04 Å². The topological polar surface area (TPSA) is 43.8 Å². The van der Waals surface area contributed by atoms with Crippen LogP contribution in [0.5, 0.6) is 0 Å². The van der Waals surface area contributed by atoms with Crippen molar-refractivity contribution in [3.63, 3.8) is 0 Å². The highest BCUT2D eigenvalue weighted by molar-refractivity contribution is 5.45. The fraction of sp³-hybridized carbons (Fsp3) is 0.400. The molecule has 96 valence electrons. The number of para-hydroxylation sites is 1. The van der Waals surface area contributed by atoms with Gasteiger partial charge in [0.25, 0.3) is 0 Å². The Balaban J connectivity index is 2.60. The zero-order chi connectivity index (χ0) is 13.3. The van der Waals surface area contributed by atoms with Crippen molar-refractivity contribution in [3.05, 3.63) is 46.8 Å². The molecule has 0 spiro atoms.